The van der Waals surface area contributed by atoms with Crippen LogP contribution in [0.5, 0.6) is 0 Å². The van der Waals surface area contributed by atoms with Gasteiger partial charge in [-0.05, 0) is 29.6 Å². The van der Waals surface area contributed by atoms with Crippen molar-refractivity contribution in [2.75, 3.05) is 26.4 Å². The van der Waals surface area contributed by atoms with Crippen molar-refractivity contribution in [1.29, 1.82) is 0 Å². The van der Waals surface area contributed by atoms with Crippen molar-refractivity contribution in [1.82, 2.24) is 0 Å². The van der Waals surface area contributed by atoms with Crippen LogP contribution in [0.2, 0.25) is 0 Å². The summed E-state index contributed by atoms with van der Waals surface area (Å²) in [4.78, 5) is 28.9. The third-order valence-electron chi connectivity index (χ3n) is 1.04. The van der Waals surface area contributed by atoms with E-state index in [4.69, 9.17) is 38.2 Å². The van der Waals surface area contributed by atoms with Gasteiger partial charge in [0, 0.05) is 42.8 Å². The summed E-state index contributed by atoms with van der Waals surface area (Å²) in [5.74, 6) is 0. The van der Waals surface area contributed by atoms with Crippen LogP contribution in [0.3, 0.4) is 0 Å². The van der Waals surface area contributed by atoms with Gasteiger partial charge in [-0.3, -0.25) is 4.79 Å². The Balaban J connectivity index is -0.000000266. The molecule has 0 unspecified atom stereocenters. The minimum Gasteiger partial charge on any atom is -0.454 e. The van der Waals surface area contributed by atoms with Crippen LogP contribution in [0.25, 0.3) is 0 Å². The van der Waals surface area contributed by atoms with E-state index in [0.717, 1.165) is 0 Å². The van der Waals surface area contributed by atoms with E-state index < -0.39 is 15.6 Å². The van der Waals surface area contributed by atoms with Crippen molar-refractivity contribution in [3.8, 4) is 0 Å². The van der Waals surface area contributed by atoms with E-state index in [2.05, 4.69) is 32.7 Å². The Morgan fingerprint density at radius 1 is 0.750 bits per heavy atom. The maximum Gasteiger partial charge on any atom is 0.403 e. The summed E-state index contributed by atoms with van der Waals surface area (Å²) >= 11 is 18.5. The van der Waals surface area contributed by atoms with Gasteiger partial charge in [-0.1, -0.05) is 0 Å². The second-order valence-electron chi connectivity index (χ2n) is 2.55. The molecule has 0 radical (unpaired) electrons. The predicted octanol–water partition coefficient (Wildman–Crippen LogP) is 3.07. The Bertz CT molecular complexity index is 241. The Morgan fingerprint density at radius 3 is 1.20 bits per heavy atom. The van der Waals surface area contributed by atoms with Gasteiger partial charge in [-0.25, -0.2) is 9.59 Å². The first kappa shape index (κ1) is 24.7. The summed E-state index contributed by atoms with van der Waals surface area (Å²) in [5.41, 5.74) is -1.75. The minimum absolute atomic E-state index is 0.0938. The lowest BCUT2D eigenvalue weighted by Crippen LogP contribution is -2.02. The lowest BCUT2D eigenvalue weighted by atomic mass is 10.5. The summed E-state index contributed by atoms with van der Waals surface area (Å²) in [6, 6.07) is 0. The van der Waals surface area contributed by atoms with Crippen LogP contribution in [-0.4, -0.2) is 52.2 Å². The summed E-state index contributed by atoms with van der Waals surface area (Å²) < 4.78 is 7.74. The van der Waals surface area contributed by atoms with E-state index in [-0.39, 0.29) is 26.4 Å². The molecule has 0 atom stereocenters. The Kier molecular flexibility index (Phi) is 25.9. The number of halogens is 4. The molecule has 0 rings (SSSR count). The Morgan fingerprint density at radius 2 is 1.05 bits per heavy atom. The first-order valence-electron chi connectivity index (χ1n) is 4.99. The van der Waals surface area contributed by atoms with Gasteiger partial charge >= 0.3 is 15.6 Å². The molecule has 0 aromatic heterocycles. The number of rotatable bonds is 6. The molecule has 0 fully saturated rings. The van der Waals surface area contributed by atoms with E-state index in [1.165, 1.54) is 0 Å². The summed E-state index contributed by atoms with van der Waals surface area (Å²) in [6.07, 6.45) is 0.886. The third-order valence-corrected chi connectivity index (χ3v) is 1.25. The van der Waals surface area contributed by atoms with Crippen molar-refractivity contribution in [3.63, 3.8) is 0 Å². The molecule has 0 bridgehead atoms. The van der Waals surface area contributed by atoms with Crippen molar-refractivity contribution in [3.05, 3.63) is 0 Å². The zero-order valence-electron chi connectivity index (χ0n) is 10.2. The fourth-order valence-corrected chi connectivity index (χ4v) is 0.589. The number of hydrogen-bond donors (Lipinski definition) is 2. The maximum atomic E-state index is 9.95. The average molecular weight is 376 g/mol. The molecule has 2 N–H and O–H groups in total. The highest BCUT2D eigenvalue weighted by molar-refractivity contribution is 6.93. The summed E-state index contributed by atoms with van der Waals surface area (Å²) in [5, 5.41) is 15.8. The first-order chi connectivity index (χ1) is 9.27. The molecule has 0 aliphatic rings. The zero-order valence-corrected chi connectivity index (χ0v) is 13.2. The summed E-state index contributed by atoms with van der Waals surface area (Å²) in [6.45, 7) is 0.423. The quantitative estimate of drug-likeness (QED) is 0.542. The molecule has 0 aromatic rings. The molecule has 0 aliphatic carbocycles. The van der Waals surface area contributed by atoms with Gasteiger partial charge in [-0.15, -0.1) is 0 Å². The minimum atomic E-state index is -0.889. The summed E-state index contributed by atoms with van der Waals surface area (Å²) in [7, 11) is 0. The first-order valence-corrected chi connectivity index (χ1v) is 6.50. The second-order valence-corrected chi connectivity index (χ2v) is 4.05. The molecule has 0 aliphatic heterocycles. The number of aliphatic hydroxyl groups excluding tert-OH is 2. The van der Waals surface area contributed by atoms with Gasteiger partial charge in [0.05, 0.1) is 13.2 Å². The molecule has 0 amide bonds. The molecule has 0 aromatic carbocycles. The molecule has 0 saturated carbocycles. The van der Waals surface area contributed by atoms with Crippen LogP contribution in [0.4, 0.5) is 14.4 Å². The molecule has 11 heteroatoms. The smallest absolute Gasteiger partial charge is 0.403 e. The molecular weight excluding hydrogens is 362 g/mol. The zero-order chi connectivity index (χ0) is 16.4. The van der Waals surface area contributed by atoms with E-state index in [1.54, 1.807) is 0 Å². The van der Waals surface area contributed by atoms with Crippen LogP contribution >= 0.6 is 46.4 Å². The fourth-order valence-electron chi connectivity index (χ4n) is 0.434. The van der Waals surface area contributed by atoms with Crippen LogP contribution in [-0.2, 0) is 9.47 Å². The van der Waals surface area contributed by atoms with E-state index >= 15 is 0 Å². The van der Waals surface area contributed by atoms with Gasteiger partial charge in [0.2, 0.25) is 0 Å². The van der Waals surface area contributed by atoms with Crippen molar-refractivity contribution >= 4 is 62.0 Å². The number of carbonyl (C=O) groups is 3. The number of ether oxygens (including phenoxy) is 2. The number of hydrogen-bond acceptors (Lipinski definition) is 7. The van der Waals surface area contributed by atoms with Crippen molar-refractivity contribution < 1.29 is 34.1 Å². The fraction of sp³-hybridized carbons (Fsp3) is 0.667. The molecule has 7 nitrogen and oxygen atoms in total. The van der Waals surface area contributed by atoms with Crippen LogP contribution in [0.15, 0.2) is 0 Å². The monoisotopic (exact) mass is 374 g/mol. The van der Waals surface area contributed by atoms with Gasteiger partial charge in [0.25, 0.3) is 0 Å². The lowest BCUT2D eigenvalue weighted by Gasteiger charge is -1.99. The standard InChI is InChI=1S/C5H6Cl2O4.C3H8O2.CCl2O/c6-4(8)10-2-1-3-11-5(7)9;4-2-1-3-5;2-1(3)4/h1-3H2;4-5H,1-3H2;. The molecule has 0 heterocycles. The number of aliphatic hydroxyl groups is 2. The second kappa shape index (κ2) is 21.0. The highest BCUT2D eigenvalue weighted by Gasteiger charge is 1.97. The third kappa shape index (κ3) is 52.5. The highest BCUT2D eigenvalue weighted by Crippen LogP contribution is 1.92. The van der Waals surface area contributed by atoms with E-state index in [0.29, 0.717) is 12.8 Å². The van der Waals surface area contributed by atoms with Gasteiger partial charge in [0.15, 0.2) is 0 Å². The predicted molar refractivity (Wildman–Crippen MR) is 74.9 cm³/mol. The van der Waals surface area contributed by atoms with Gasteiger partial charge in [-0.2, -0.15) is 0 Å². The van der Waals surface area contributed by atoms with Crippen molar-refractivity contribution in [2.24, 2.45) is 0 Å². The number of carbonyl (C=O) groups excluding carboxylic acids is 3. The van der Waals surface area contributed by atoms with Gasteiger partial charge in [0.1, 0.15) is 0 Å². The van der Waals surface area contributed by atoms with Gasteiger partial charge < -0.3 is 19.7 Å². The van der Waals surface area contributed by atoms with Crippen LogP contribution in [0.1, 0.15) is 12.8 Å². The molecule has 0 spiro atoms. The topological polar surface area (TPSA) is 110 Å². The maximum absolute atomic E-state index is 9.95. The van der Waals surface area contributed by atoms with Crippen LogP contribution in [0, 0.1) is 0 Å². The molecule has 120 valence electrons. The normalized spacial score (nSPS) is 8.30. The SMILES string of the molecule is O=C(Cl)Cl.O=C(Cl)OCCCOC(=O)Cl.OCCCO. The Labute approximate surface area is 135 Å². The Hall–Kier alpha value is -0.310. The molecular formula is C9H14Cl4O7. The largest absolute Gasteiger partial charge is 0.454 e. The molecule has 0 saturated heterocycles. The van der Waals surface area contributed by atoms with E-state index in [1.807, 2.05) is 0 Å². The average Bonchev–Trinajstić information content (AvgIpc) is 2.28. The molecule has 20 heavy (non-hydrogen) atoms. The van der Waals surface area contributed by atoms with Crippen molar-refractivity contribution in [2.45, 2.75) is 12.8 Å². The highest BCUT2D eigenvalue weighted by atomic mass is 35.5. The van der Waals surface area contributed by atoms with E-state index in [9.17, 15) is 9.59 Å². The lowest BCUT2D eigenvalue weighted by molar-refractivity contribution is 0.144. The van der Waals surface area contributed by atoms with Crippen LogP contribution < -0.4 is 0 Å².